The fourth-order valence-electron chi connectivity index (χ4n) is 1.75. The lowest BCUT2D eigenvalue weighted by Crippen LogP contribution is -2.35. The van der Waals surface area contributed by atoms with E-state index >= 15 is 0 Å². The van der Waals surface area contributed by atoms with Gasteiger partial charge in [0.25, 0.3) is 0 Å². The molecule has 7 nitrogen and oxygen atoms in total. The molecule has 0 aliphatic heterocycles. The highest BCUT2D eigenvalue weighted by Crippen LogP contribution is 2.10. The molecule has 0 saturated carbocycles. The predicted octanol–water partition coefficient (Wildman–Crippen LogP) is 0.687. The number of nitrogens with one attached hydrogen (secondary N) is 2. The first kappa shape index (κ1) is 14.5. The molecule has 108 valence electrons. The maximum absolute atomic E-state index is 12.2. The van der Waals surface area contributed by atoms with Crippen molar-refractivity contribution in [3.63, 3.8) is 0 Å². The first-order valence-corrected chi connectivity index (χ1v) is 7.63. The molecule has 2 aromatic rings. The second-order valence-electron chi connectivity index (χ2n) is 4.38. The quantitative estimate of drug-likeness (QED) is 0.818. The summed E-state index contributed by atoms with van der Waals surface area (Å²) < 4.78 is 28.6. The zero-order valence-corrected chi connectivity index (χ0v) is 12.1. The van der Waals surface area contributed by atoms with Crippen LogP contribution in [0.2, 0.25) is 0 Å². The second-order valence-corrected chi connectivity index (χ2v) is 6.09. The highest BCUT2D eigenvalue weighted by atomic mass is 32.2. The van der Waals surface area contributed by atoms with Gasteiger partial charge in [-0.25, -0.2) is 18.1 Å². The van der Waals surface area contributed by atoms with Gasteiger partial charge in [-0.1, -0.05) is 0 Å². The zero-order chi connectivity index (χ0) is 14.6. The van der Waals surface area contributed by atoms with Gasteiger partial charge in [-0.15, -0.1) is 0 Å². The van der Waals surface area contributed by atoms with Crippen molar-refractivity contribution in [1.29, 1.82) is 0 Å². The molecule has 0 amide bonds. The van der Waals surface area contributed by atoms with Crippen LogP contribution < -0.4 is 10.0 Å². The Bertz CT molecular complexity index is 637. The summed E-state index contributed by atoms with van der Waals surface area (Å²) in [7, 11) is -1.85. The van der Waals surface area contributed by atoms with Gasteiger partial charge in [0, 0.05) is 31.7 Å². The van der Waals surface area contributed by atoms with Crippen LogP contribution in [0.5, 0.6) is 0 Å². The standard InChI is InChI=1S/C12H17N5O2S/c1-10(9-17-7-3-6-15-17)16-20(18,19)11-4-5-12(13-2)14-8-11/h3-8,10,16H,9H2,1-2H3,(H,13,14). The zero-order valence-electron chi connectivity index (χ0n) is 11.3. The Morgan fingerprint density at radius 3 is 2.75 bits per heavy atom. The molecule has 20 heavy (non-hydrogen) atoms. The van der Waals surface area contributed by atoms with Gasteiger partial charge in [-0.2, -0.15) is 5.10 Å². The van der Waals surface area contributed by atoms with E-state index in [1.165, 1.54) is 12.3 Å². The molecule has 2 aromatic heterocycles. The van der Waals surface area contributed by atoms with Crippen molar-refractivity contribution >= 4 is 15.8 Å². The summed E-state index contributed by atoms with van der Waals surface area (Å²) >= 11 is 0. The van der Waals surface area contributed by atoms with Crippen LogP contribution in [0.4, 0.5) is 5.82 Å². The van der Waals surface area contributed by atoms with Crippen LogP contribution in [0.25, 0.3) is 0 Å². The molecular weight excluding hydrogens is 278 g/mol. The summed E-state index contributed by atoms with van der Waals surface area (Å²) in [6, 6.07) is 4.65. The van der Waals surface area contributed by atoms with E-state index in [0.717, 1.165) is 0 Å². The average molecular weight is 295 g/mol. The van der Waals surface area contributed by atoms with Gasteiger partial charge < -0.3 is 5.32 Å². The maximum Gasteiger partial charge on any atom is 0.242 e. The SMILES string of the molecule is CNc1ccc(S(=O)(=O)NC(C)Cn2cccn2)cn1. The number of hydrogen-bond acceptors (Lipinski definition) is 5. The molecule has 0 saturated heterocycles. The van der Waals surface area contributed by atoms with Crippen molar-refractivity contribution in [2.45, 2.75) is 24.4 Å². The molecule has 0 aliphatic carbocycles. The lowest BCUT2D eigenvalue weighted by atomic mass is 10.4. The molecule has 1 atom stereocenters. The first-order chi connectivity index (χ1) is 9.51. The number of rotatable bonds is 6. The minimum absolute atomic E-state index is 0.142. The molecule has 0 radical (unpaired) electrons. The average Bonchev–Trinajstić information content (AvgIpc) is 2.91. The Balaban J connectivity index is 2.05. The normalized spacial score (nSPS) is 13.1. The van der Waals surface area contributed by atoms with E-state index in [1.54, 1.807) is 43.2 Å². The molecule has 1 unspecified atom stereocenters. The topological polar surface area (TPSA) is 88.9 Å². The summed E-state index contributed by atoms with van der Waals surface area (Å²) in [5.74, 6) is 0.619. The van der Waals surface area contributed by atoms with Crippen LogP contribution in [-0.2, 0) is 16.6 Å². The summed E-state index contributed by atoms with van der Waals surface area (Å²) in [6.45, 7) is 2.25. The van der Waals surface area contributed by atoms with E-state index in [1.807, 2.05) is 0 Å². The summed E-state index contributed by atoms with van der Waals surface area (Å²) in [4.78, 5) is 4.14. The predicted molar refractivity (Wildman–Crippen MR) is 75.8 cm³/mol. The van der Waals surface area contributed by atoms with Crippen molar-refractivity contribution in [2.24, 2.45) is 0 Å². The Morgan fingerprint density at radius 2 is 2.20 bits per heavy atom. The van der Waals surface area contributed by atoms with Crippen molar-refractivity contribution in [1.82, 2.24) is 19.5 Å². The smallest absolute Gasteiger partial charge is 0.242 e. The number of aromatic nitrogens is 3. The van der Waals surface area contributed by atoms with E-state index in [9.17, 15) is 8.42 Å². The summed E-state index contributed by atoms with van der Waals surface area (Å²) in [5, 5.41) is 6.88. The van der Waals surface area contributed by atoms with Gasteiger partial charge in [-0.3, -0.25) is 4.68 Å². The van der Waals surface area contributed by atoms with Crippen LogP contribution in [0.15, 0.2) is 41.7 Å². The molecule has 2 heterocycles. The van der Waals surface area contributed by atoms with E-state index in [0.29, 0.717) is 12.4 Å². The largest absolute Gasteiger partial charge is 0.373 e. The molecule has 8 heteroatoms. The van der Waals surface area contributed by atoms with Crippen LogP contribution in [-0.4, -0.2) is 36.3 Å². The third-order valence-electron chi connectivity index (χ3n) is 2.68. The minimum atomic E-state index is -3.57. The lowest BCUT2D eigenvalue weighted by Gasteiger charge is -2.14. The molecule has 0 spiro atoms. The molecule has 0 fully saturated rings. The number of nitrogens with zero attached hydrogens (tertiary/aromatic N) is 3. The van der Waals surface area contributed by atoms with E-state index in [4.69, 9.17) is 0 Å². The summed E-state index contributed by atoms with van der Waals surface area (Å²) in [6.07, 6.45) is 4.77. The minimum Gasteiger partial charge on any atom is -0.373 e. The molecule has 0 aromatic carbocycles. The van der Waals surface area contributed by atoms with Crippen molar-refractivity contribution in [3.05, 3.63) is 36.8 Å². The van der Waals surface area contributed by atoms with Crippen LogP contribution in [0.1, 0.15) is 6.92 Å². The number of sulfonamides is 1. The van der Waals surface area contributed by atoms with Crippen LogP contribution in [0.3, 0.4) is 0 Å². The molecule has 0 bridgehead atoms. The van der Waals surface area contributed by atoms with Crippen molar-refractivity contribution in [3.8, 4) is 0 Å². The van der Waals surface area contributed by atoms with Gasteiger partial charge >= 0.3 is 0 Å². The van der Waals surface area contributed by atoms with E-state index < -0.39 is 10.0 Å². The highest BCUT2D eigenvalue weighted by molar-refractivity contribution is 7.89. The van der Waals surface area contributed by atoms with Gasteiger partial charge in [0.1, 0.15) is 10.7 Å². The maximum atomic E-state index is 12.2. The van der Waals surface area contributed by atoms with Crippen LogP contribution in [0, 0.1) is 0 Å². The molecule has 2 rings (SSSR count). The van der Waals surface area contributed by atoms with Crippen molar-refractivity contribution in [2.75, 3.05) is 12.4 Å². The molecule has 2 N–H and O–H groups in total. The fourth-order valence-corrected chi connectivity index (χ4v) is 2.93. The third-order valence-corrected chi connectivity index (χ3v) is 4.25. The number of hydrogen-bond donors (Lipinski definition) is 2. The number of pyridine rings is 1. The monoisotopic (exact) mass is 295 g/mol. The Morgan fingerprint density at radius 1 is 1.40 bits per heavy atom. The fraction of sp³-hybridized carbons (Fsp3) is 0.333. The lowest BCUT2D eigenvalue weighted by molar-refractivity contribution is 0.494. The Kier molecular flexibility index (Phi) is 4.35. The Labute approximate surface area is 118 Å². The number of anilines is 1. The highest BCUT2D eigenvalue weighted by Gasteiger charge is 2.18. The van der Waals surface area contributed by atoms with Gasteiger partial charge in [0.05, 0.1) is 6.54 Å². The Hall–Kier alpha value is -1.93. The second kappa shape index (κ2) is 6.02. The van der Waals surface area contributed by atoms with Crippen molar-refractivity contribution < 1.29 is 8.42 Å². The first-order valence-electron chi connectivity index (χ1n) is 6.15. The third kappa shape index (κ3) is 3.55. The van der Waals surface area contributed by atoms with Gasteiger partial charge in [0.15, 0.2) is 0 Å². The molecule has 0 aliphatic rings. The van der Waals surface area contributed by atoms with Gasteiger partial charge in [-0.05, 0) is 25.1 Å². The van der Waals surface area contributed by atoms with Crippen LogP contribution >= 0.6 is 0 Å². The van der Waals surface area contributed by atoms with E-state index in [-0.39, 0.29) is 10.9 Å². The molecular formula is C12H17N5O2S. The summed E-state index contributed by atoms with van der Waals surface area (Å²) in [5.41, 5.74) is 0. The van der Waals surface area contributed by atoms with Gasteiger partial charge in [0.2, 0.25) is 10.0 Å². The van der Waals surface area contributed by atoms with E-state index in [2.05, 4.69) is 20.1 Å².